The molecule has 1 aliphatic heterocycles. The second-order valence-electron chi connectivity index (χ2n) is 8.51. The third-order valence-electron chi connectivity index (χ3n) is 6.28. The summed E-state index contributed by atoms with van der Waals surface area (Å²) in [5.74, 6) is -0.0632. The number of benzene rings is 3. The minimum atomic E-state index is -0.287. The van der Waals surface area contributed by atoms with E-state index < -0.39 is 0 Å². The highest BCUT2D eigenvalue weighted by molar-refractivity contribution is 6.42. The van der Waals surface area contributed by atoms with E-state index in [-0.39, 0.29) is 11.9 Å². The zero-order valence-corrected chi connectivity index (χ0v) is 21.5. The molecule has 3 aromatic carbocycles. The van der Waals surface area contributed by atoms with E-state index in [4.69, 9.17) is 44.9 Å². The molecule has 0 N–H and O–H groups in total. The number of hydrogen-bond acceptors (Lipinski definition) is 3. The lowest BCUT2D eigenvalue weighted by Gasteiger charge is -2.22. The van der Waals surface area contributed by atoms with Crippen LogP contribution < -0.4 is 0 Å². The first-order valence-corrected chi connectivity index (χ1v) is 12.5. The molecular weight excluding hydrogens is 501 g/mol. The lowest BCUT2D eigenvalue weighted by atomic mass is 9.89. The molecule has 0 radical (unpaired) electrons. The minimum Gasteiger partial charge on any atom is -0.273 e. The van der Waals surface area contributed by atoms with Crippen molar-refractivity contribution in [3.8, 4) is 11.1 Å². The third-order valence-corrected chi connectivity index (χ3v) is 7.25. The summed E-state index contributed by atoms with van der Waals surface area (Å²) >= 11 is 18.9. The first kappa shape index (κ1) is 23.8. The molecule has 0 fully saturated rings. The molecule has 1 aromatic heterocycles. The summed E-state index contributed by atoms with van der Waals surface area (Å²) in [7, 11) is 0. The highest BCUT2D eigenvalue weighted by Crippen LogP contribution is 2.41. The van der Waals surface area contributed by atoms with E-state index in [9.17, 15) is 4.79 Å². The summed E-state index contributed by atoms with van der Waals surface area (Å²) in [5.41, 5.74) is 6.35. The fourth-order valence-electron chi connectivity index (χ4n) is 4.65. The van der Waals surface area contributed by atoms with E-state index in [0.717, 1.165) is 44.6 Å². The van der Waals surface area contributed by atoms with Crippen molar-refractivity contribution in [2.45, 2.75) is 32.7 Å². The van der Waals surface area contributed by atoms with E-state index in [2.05, 4.69) is 12.1 Å². The molecule has 0 aliphatic carbocycles. The Hall–Kier alpha value is -2.92. The molecule has 1 amide bonds. The average Bonchev–Trinajstić information content (AvgIpc) is 3.30. The van der Waals surface area contributed by atoms with E-state index in [0.29, 0.717) is 27.9 Å². The van der Waals surface area contributed by atoms with Gasteiger partial charge < -0.3 is 0 Å². The summed E-state index contributed by atoms with van der Waals surface area (Å²) in [5, 5.41) is 8.94. The number of halogens is 3. The second kappa shape index (κ2) is 9.62. The number of carbonyl (C=O) groups excluding carboxylic acids is 1. The van der Waals surface area contributed by atoms with Crippen LogP contribution in [0.3, 0.4) is 0 Å². The van der Waals surface area contributed by atoms with E-state index >= 15 is 0 Å². The number of pyridine rings is 1. The maximum absolute atomic E-state index is 13.0. The molecule has 1 atom stereocenters. The maximum atomic E-state index is 13.0. The monoisotopic (exact) mass is 521 g/mol. The summed E-state index contributed by atoms with van der Waals surface area (Å²) in [6, 6.07) is 21.0. The number of carbonyl (C=O) groups is 1. The van der Waals surface area contributed by atoms with Crippen LogP contribution in [0.25, 0.3) is 22.0 Å². The SMILES string of the molecule is CCC(=O)N1N=C(c2c(C)nc3ccc(Cl)cc3c2-c2ccccc2)CC1c1ccc(Cl)c(Cl)c1. The largest absolute Gasteiger partial charge is 0.273 e. The van der Waals surface area contributed by atoms with Gasteiger partial charge in [0.05, 0.1) is 27.3 Å². The van der Waals surface area contributed by atoms with Gasteiger partial charge in [-0.25, -0.2) is 5.01 Å². The van der Waals surface area contributed by atoms with Gasteiger partial charge in [-0.05, 0) is 48.4 Å². The molecule has 2 heterocycles. The van der Waals surface area contributed by atoms with Crippen molar-refractivity contribution < 1.29 is 4.79 Å². The van der Waals surface area contributed by atoms with Gasteiger partial charge in [0.25, 0.3) is 0 Å². The van der Waals surface area contributed by atoms with Gasteiger partial charge in [-0.1, -0.05) is 78.1 Å². The molecule has 1 aliphatic rings. The number of aromatic nitrogens is 1. The van der Waals surface area contributed by atoms with Crippen molar-refractivity contribution in [3.63, 3.8) is 0 Å². The standard InChI is InChI=1S/C28H22Cl3N3O/c1-3-26(35)34-25(18-9-11-21(30)22(31)13-18)15-24(33-34)27-16(2)32-23-12-10-19(29)14-20(23)28(27)17-7-5-4-6-8-17/h4-14,25H,3,15H2,1-2H3. The van der Waals surface area contributed by atoms with E-state index in [1.165, 1.54) is 0 Å². The van der Waals surface area contributed by atoms with E-state index in [1.807, 2.05) is 62.4 Å². The van der Waals surface area contributed by atoms with Crippen molar-refractivity contribution in [1.29, 1.82) is 0 Å². The highest BCUT2D eigenvalue weighted by Gasteiger charge is 2.34. The van der Waals surface area contributed by atoms with Crippen LogP contribution in [0.1, 0.15) is 42.6 Å². The first-order chi connectivity index (χ1) is 16.9. The molecule has 176 valence electrons. The Labute approximate surface area is 219 Å². The normalized spacial score (nSPS) is 15.5. The predicted molar refractivity (Wildman–Crippen MR) is 144 cm³/mol. The quantitative estimate of drug-likeness (QED) is 0.271. The van der Waals surface area contributed by atoms with Gasteiger partial charge >= 0.3 is 0 Å². The van der Waals surface area contributed by atoms with Crippen molar-refractivity contribution in [3.05, 3.63) is 98.6 Å². The fraction of sp³-hybridized carbons (Fsp3) is 0.179. The summed E-state index contributed by atoms with van der Waals surface area (Å²) in [4.78, 5) is 17.8. The number of aryl methyl sites for hydroxylation is 1. The van der Waals surface area contributed by atoms with Crippen LogP contribution in [-0.2, 0) is 4.79 Å². The number of hydrazone groups is 1. The second-order valence-corrected chi connectivity index (χ2v) is 9.76. The number of rotatable bonds is 4. The van der Waals surface area contributed by atoms with Crippen LogP contribution in [0, 0.1) is 6.92 Å². The van der Waals surface area contributed by atoms with Crippen LogP contribution in [0.15, 0.2) is 71.8 Å². The first-order valence-electron chi connectivity index (χ1n) is 11.4. The fourth-order valence-corrected chi connectivity index (χ4v) is 5.13. The highest BCUT2D eigenvalue weighted by atomic mass is 35.5. The maximum Gasteiger partial charge on any atom is 0.242 e. The van der Waals surface area contributed by atoms with Crippen molar-refractivity contribution >= 4 is 57.3 Å². The molecule has 0 saturated carbocycles. The zero-order chi connectivity index (χ0) is 24.7. The predicted octanol–water partition coefficient (Wildman–Crippen LogP) is 8.26. The van der Waals surface area contributed by atoms with Crippen LogP contribution in [-0.4, -0.2) is 21.6 Å². The molecule has 4 aromatic rings. The topological polar surface area (TPSA) is 45.6 Å². The Bertz CT molecular complexity index is 1480. The van der Waals surface area contributed by atoms with Gasteiger partial charge in [-0.15, -0.1) is 0 Å². The summed E-state index contributed by atoms with van der Waals surface area (Å²) in [6.45, 7) is 3.82. The van der Waals surface area contributed by atoms with Crippen molar-refractivity contribution in [1.82, 2.24) is 9.99 Å². The van der Waals surface area contributed by atoms with Crippen LogP contribution in [0.5, 0.6) is 0 Å². The van der Waals surface area contributed by atoms with Gasteiger partial charge in [0, 0.05) is 40.1 Å². The van der Waals surface area contributed by atoms with Gasteiger partial charge in [0.15, 0.2) is 0 Å². The lowest BCUT2D eigenvalue weighted by Crippen LogP contribution is -2.26. The molecular formula is C28H22Cl3N3O. The number of hydrogen-bond donors (Lipinski definition) is 0. The minimum absolute atomic E-state index is 0.0632. The molecule has 5 rings (SSSR count). The Balaban J connectivity index is 1.73. The van der Waals surface area contributed by atoms with Gasteiger partial charge in [0.1, 0.15) is 0 Å². The third kappa shape index (κ3) is 4.42. The molecule has 1 unspecified atom stereocenters. The summed E-state index contributed by atoms with van der Waals surface area (Å²) in [6.07, 6.45) is 0.864. The molecule has 7 heteroatoms. The van der Waals surface area contributed by atoms with Crippen molar-refractivity contribution in [2.24, 2.45) is 5.10 Å². The van der Waals surface area contributed by atoms with Crippen LogP contribution in [0.4, 0.5) is 0 Å². The van der Waals surface area contributed by atoms with Crippen LogP contribution in [0.2, 0.25) is 15.1 Å². The molecule has 0 saturated heterocycles. The Morgan fingerprint density at radius 2 is 1.74 bits per heavy atom. The number of nitrogens with zero attached hydrogens (tertiary/aromatic N) is 3. The Kier molecular flexibility index (Phi) is 6.54. The average molecular weight is 523 g/mol. The van der Waals surface area contributed by atoms with Gasteiger partial charge in [-0.3, -0.25) is 9.78 Å². The Morgan fingerprint density at radius 1 is 0.971 bits per heavy atom. The number of fused-ring (bicyclic) bond motifs is 1. The molecule has 35 heavy (non-hydrogen) atoms. The molecule has 0 bridgehead atoms. The van der Waals surface area contributed by atoms with Gasteiger partial charge in [0.2, 0.25) is 5.91 Å². The molecule has 4 nitrogen and oxygen atoms in total. The lowest BCUT2D eigenvalue weighted by molar-refractivity contribution is -0.132. The Morgan fingerprint density at radius 3 is 2.46 bits per heavy atom. The molecule has 0 spiro atoms. The zero-order valence-electron chi connectivity index (χ0n) is 19.2. The van der Waals surface area contributed by atoms with Gasteiger partial charge in [-0.2, -0.15) is 5.10 Å². The summed E-state index contributed by atoms with van der Waals surface area (Å²) < 4.78 is 0. The van der Waals surface area contributed by atoms with Crippen molar-refractivity contribution in [2.75, 3.05) is 0 Å². The smallest absolute Gasteiger partial charge is 0.242 e. The van der Waals surface area contributed by atoms with E-state index in [1.54, 1.807) is 11.1 Å². The van der Waals surface area contributed by atoms with Crippen LogP contribution >= 0.6 is 34.8 Å². The number of amides is 1.